The fraction of sp³-hybridized carbons (Fsp3) is 0.667. The van der Waals surface area contributed by atoms with Crippen molar-refractivity contribution in [3.63, 3.8) is 0 Å². The van der Waals surface area contributed by atoms with E-state index in [1.807, 2.05) is 26.0 Å². The van der Waals surface area contributed by atoms with Gasteiger partial charge >= 0.3 is 0 Å². The summed E-state index contributed by atoms with van der Waals surface area (Å²) in [5.41, 5.74) is 0.565. The van der Waals surface area contributed by atoms with Gasteiger partial charge in [-0.05, 0) is 44.9 Å². The Morgan fingerprint density at radius 2 is 1.93 bits per heavy atom. The molecular formula is C21H26BrNO6. The molecule has 5 atom stereocenters. The predicted octanol–water partition coefficient (Wildman–Crippen LogP) is 3.11. The van der Waals surface area contributed by atoms with Crippen molar-refractivity contribution in [3.05, 3.63) is 34.3 Å². The quantitative estimate of drug-likeness (QED) is 0.735. The second kappa shape index (κ2) is 7.28. The van der Waals surface area contributed by atoms with E-state index in [0.717, 1.165) is 30.2 Å². The van der Waals surface area contributed by atoms with Crippen LogP contribution in [0.15, 0.2) is 28.7 Å². The summed E-state index contributed by atoms with van der Waals surface area (Å²) in [5, 5.41) is 3.11. The Bertz CT molecular complexity index is 795. The monoisotopic (exact) mass is 467 g/mol. The molecule has 158 valence electrons. The smallest absolute Gasteiger partial charge is 0.251 e. The minimum Gasteiger partial charge on any atom is -0.347 e. The Balaban J connectivity index is 1.37. The Morgan fingerprint density at radius 1 is 1.14 bits per heavy atom. The summed E-state index contributed by atoms with van der Waals surface area (Å²) < 4.78 is 31.4. The summed E-state index contributed by atoms with van der Waals surface area (Å²) in [5.74, 6) is -1.45. The summed E-state index contributed by atoms with van der Waals surface area (Å²) in [7, 11) is 0. The molecule has 3 saturated heterocycles. The molecule has 1 amide bonds. The van der Waals surface area contributed by atoms with Crippen LogP contribution >= 0.6 is 15.9 Å². The summed E-state index contributed by atoms with van der Waals surface area (Å²) in [6.45, 7) is 4.13. The van der Waals surface area contributed by atoms with Crippen LogP contribution in [0.3, 0.4) is 0 Å². The zero-order chi connectivity index (χ0) is 20.2. The fourth-order valence-electron chi connectivity index (χ4n) is 4.80. The molecule has 1 N–H and O–H groups in total. The van der Waals surface area contributed by atoms with Gasteiger partial charge in [-0.2, -0.15) is 0 Å². The van der Waals surface area contributed by atoms with E-state index in [-0.39, 0.29) is 12.0 Å². The number of nitrogens with one attached hydrogen (secondary N) is 1. The average Bonchev–Trinajstić information content (AvgIpc) is 3.42. The van der Waals surface area contributed by atoms with Gasteiger partial charge in [-0.25, -0.2) is 0 Å². The highest BCUT2D eigenvalue weighted by atomic mass is 79.9. The lowest BCUT2D eigenvalue weighted by atomic mass is 10.0. The number of fused-ring (bicyclic) bond motifs is 1. The van der Waals surface area contributed by atoms with Gasteiger partial charge in [0.1, 0.15) is 18.3 Å². The van der Waals surface area contributed by atoms with Gasteiger partial charge in [0.2, 0.25) is 0 Å². The Kier molecular flexibility index (Phi) is 5.00. The van der Waals surface area contributed by atoms with Crippen molar-refractivity contribution in [2.45, 2.75) is 81.7 Å². The van der Waals surface area contributed by atoms with E-state index in [0.29, 0.717) is 12.2 Å². The van der Waals surface area contributed by atoms with E-state index < -0.39 is 36.1 Å². The molecule has 1 saturated carbocycles. The van der Waals surface area contributed by atoms with Gasteiger partial charge in [0, 0.05) is 22.9 Å². The summed E-state index contributed by atoms with van der Waals surface area (Å²) >= 11 is 3.42. The van der Waals surface area contributed by atoms with Crippen molar-refractivity contribution < 1.29 is 28.5 Å². The molecule has 3 aliphatic heterocycles. The molecule has 8 heteroatoms. The minimum atomic E-state index is -0.765. The maximum Gasteiger partial charge on any atom is 0.251 e. The third kappa shape index (κ3) is 3.75. The molecule has 0 bridgehead atoms. The lowest BCUT2D eigenvalue weighted by Crippen LogP contribution is -2.52. The third-order valence-electron chi connectivity index (χ3n) is 6.08. The largest absolute Gasteiger partial charge is 0.347 e. The van der Waals surface area contributed by atoms with Crippen molar-refractivity contribution in [2.24, 2.45) is 0 Å². The van der Waals surface area contributed by atoms with Crippen molar-refractivity contribution >= 4 is 21.8 Å². The van der Waals surface area contributed by atoms with Crippen LogP contribution in [-0.2, 0) is 23.7 Å². The van der Waals surface area contributed by atoms with Gasteiger partial charge in [0.25, 0.3) is 5.91 Å². The molecule has 7 nitrogen and oxygen atoms in total. The summed E-state index contributed by atoms with van der Waals surface area (Å²) in [6, 6.07) is 6.88. The van der Waals surface area contributed by atoms with Gasteiger partial charge in [0.15, 0.2) is 17.9 Å². The molecule has 1 aliphatic carbocycles. The number of carbonyl (C=O) groups excluding carboxylic acids is 1. The highest BCUT2D eigenvalue weighted by Gasteiger charge is 2.59. The minimum absolute atomic E-state index is 0.187. The van der Waals surface area contributed by atoms with E-state index in [1.165, 1.54) is 0 Å². The van der Waals surface area contributed by atoms with Crippen LogP contribution in [0.5, 0.6) is 0 Å². The van der Waals surface area contributed by atoms with Crippen LogP contribution in [0, 0.1) is 0 Å². The average molecular weight is 468 g/mol. The lowest BCUT2D eigenvalue weighted by Gasteiger charge is -2.30. The van der Waals surface area contributed by atoms with Crippen LogP contribution in [0.4, 0.5) is 0 Å². The van der Waals surface area contributed by atoms with E-state index in [1.54, 1.807) is 12.1 Å². The molecule has 29 heavy (non-hydrogen) atoms. The Hall–Kier alpha value is -1.03. The van der Waals surface area contributed by atoms with Gasteiger partial charge in [0.05, 0.1) is 12.6 Å². The molecule has 0 radical (unpaired) electrons. The predicted molar refractivity (Wildman–Crippen MR) is 106 cm³/mol. The van der Waals surface area contributed by atoms with Crippen molar-refractivity contribution in [1.29, 1.82) is 0 Å². The molecule has 1 aromatic carbocycles. The maximum atomic E-state index is 13.0. The summed E-state index contributed by atoms with van der Waals surface area (Å²) in [4.78, 5) is 13.0. The number of ether oxygens (including phenoxy) is 5. The number of benzene rings is 1. The normalized spacial score (nSPS) is 37.1. The fourth-order valence-corrected chi connectivity index (χ4v) is 5.19. The SMILES string of the molecule is CC1(C)O[C@H]2O[C@H]([C@H]3COC4(CCCC4)O3)[C@@H](NC(=O)c3cccc(Br)c3)[C@H]2O1. The number of amides is 1. The molecule has 4 fully saturated rings. The van der Waals surface area contributed by atoms with Gasteiger partial charge in [-0.1, -0.05) is 22.0 Å². The Labute approximate surface area is 178 Å². The highest BCUT2D eigenvalue weighted by Crippen LogP contribution is 2.44. The number of rotatable bonds is 3. The first-order valence-corrected chi connectivity index (χ1v) is 11.0. The summed E-state index contributed by atoms with van der Waals surface area (Å²) in [6.07, 6.45) is 2.37. The molecule has 0 unspecified atom stereocenters. The first kappa shape index (κ1) is 19.9. The first-order valence-electron chi connectivity index (χ1n) is 10.2. The number of halogens is 1. The van der Waals surface area contributed by atoms with Crippen LogP contribution in [0.25, 0.3) is 0 Å². The first-order chi connectivity index (χ1) is 13.8. The van der Waals surface area contributed by atoms with Gasteiger partial charge in [-0.15, -0.1) is 0 Å². The molecule has 0 aromatic heterocycles. The van der Waals surface area contributed by atoms with E-state index in [2.05, 4.69) is 21.2 Å². The molecule has 1 aromatic rings. The second-order valence-electron chi connectivity index (χ2n) is 8.66. The second-order valence-corrected chi connectivity index (χ2v) is 9.58. The highest BCUT2D eigenvalue weighted by molar-refractivity contribution is 9.10. The number of hydrogen-bond donors (Lipinski definition) is 1. The van der Waals surface area contributed by atoms with Gasteiger partial charge in [-0.3, -0.25) is 4.79 Å². The zero-order valence-electron chi connectivity index (χ0n) is 16.6. The maximum absolute atomic E-state index is 13.0. The molecule has 4 aliphatic rings. The van der Waals surface area contributed by atoms with Crippen LogP contribution < -0.4 is 5.32 Å². The third-order valence-corrected chi connectivity index (χ3v) is 6.57. The van der Waals surface area contributed by atoms with Crippen LogP contribution in [0.2, 0.25) is 0 Å². The standard InChI is InChI=1S/C21H26BrNO6/c1-20(2)28-17-15(23-18(24)12-6-5-7-13(22)10-12)16(26-19(17)29-20)14-11-25-21(27-14)8-3-4-9-21/h5-7,10,14-17,19H,3-4,8-9,11H2,1-2H3,(H,23,24)/t14-,15-,16-,17-,19-/m1/s1. The molecule has 3 heterocycles. The molecular weight excluding hydrogens is 442 g/mol. The van der Waals surface area contributed by atoms with E-state index in [4.69, 9.17) is 23.7 Å². The van der Waals surface area contributed by atoms with Crippen LogP contribution in [0.1, 0.15) is 49.9 Å². The van der Waals surface area contributed by atoms with Crippen molar-refractivity contribution in [1.82, 2.24) is 5.32 Å². The van der Waals surface area contributed by atoms with Crippen LogP contribution in [-0.4, -0.2) is 54.7 Å². The van der Waals surface area contributed by atoms with Gasteiger partial charge < -0.3 is 29.0 Å². The zero-order valence-corrected chi connectivity index (χ0v) is 18.1. The van der Waals surface area contributed by atoms with Crippen molar-refractivity contribution in [2.75, 3.05) is 6.61 Å². The lowest BCUT2D eigenvalue weighted by molar-refractivity contribution is -0.226. The van der Waals surface area contributed by atoms with E-state index in [9.17, 15) is 4.79 Å². The Morgan fingerprint density at radius 3 is 2.69 bits per heavy atom. The topological polar surface area (TPSA) is 75.3 Å². The number of carbonyl (C=O) groups is 1. The van der Waals surface area contributed by atoms with E-state index >= 15 is 0 Å². The number of hydrogen-bond acceptors (Lipinski definition) is 6. The van der Waals surface area contributed by atoms with Crippen molar-refractivity contribution in [3.8, 4) is 0 Å². The molecule has 5 rings (SSSR count). The molecule has 1 spiro atoms.